The first-order valence-corrected chi connectivity index (χ1v) is 6.75. The summed E-state index contributed by atoms with van der Waals surface area (Å²) < 4.78 is 19.6. The van der Waals surface area contributed by atoms with Crippen molar-refractivity contribution in [1.82, 2.24) is 5.32 Å². The van der Waals surface area contributed by atoms with Gasteiger partial charge >= 0.3 is 0 Å². The van der Waals surface area contributed by atoms with E-state index in [0.717, 1.165) is 19.4 Å². The van der Waals surface area contributed by atoms with Crippen LogP contribution in [0, 0.1) is 12.7 Å². The van der Waals surface area contributed by atoms with Crippen LogP contribution in [-0.4, -0.2) is 18.7 Å². The van der Waals surface area contributed by atoms with E-state index in [0.29, 0.717) is 11.3 Å². The van der Waals surface area contributed by atoms with Crippen LogP contribution < -0.4 is 10.1 Å². The Morgan fingerprint density at radius 1 is 1.33 bits per heavy atom. The van der Waals surface area contributed by atoms with E-state index in [1.54, 1.807) is 19.1 Å². The van der Waals surface area contributed by atoms with Crippen molar-refractivity contribution in [2.45, 2.75) is 52.7 Å². The van der Waals surface area contributed by atoms with Gasteiger partial charge in [-0.1, -0.05) is 26.0 Å². The first-order chi connectivity index (χ1) is 8.60. The first-order valence-electron chi connectivity index (χ1n) is 6.75. The highest BCUT2D eigenvalue weighted by atomic mass is 19.1. The van der Waals surface area contributed by atoms with Gasteiger partial charge in [-0.05, 0) is 44.9 Å². The second-order valence-corrected chi connectivity index (χ2v) is 4.68. The number of halogens is 1. The normalized spacial score (nSPS) is 14.3. The Kier molecular flexibility index (Phi) is 6.13. The summed E-state index contributed by atoms with van der Waals surface area (Å²) in [5.41, 5.74) is 0.620. The van der Waals surface area contributed by atoms with Crippen molar-refractivity contribution in [2.75, 3.05) is 6.54 Å². The molecule has 3 heteroatoms. The Balaban J connectivity index is 2.67. The van der Waals surface area contributed by atoms with E-state index in [2.05, 4.69) is 19.2 Å². The topological polar surface area (TPSA) is 21.3 Å². The molecule has 2 unspecified atom stereocenters. The average molecular weight is 253 g/mol. The number of aryl methyl sites for hydroxylation is 1. The fourth-order valence-electron chi connectivity index (χ4n) is 1.97. The second kappa shape index (κ2) is 7.37. The molecule has 2 atom stereocenters. The molecule has 18 heavy (non-hydrogen) atoms. The van der Waals surface area contributed by atoms with Crippen LogP contribution in [0.15, 0.2) is 18.2 Å². The molecule has 0 amide bonds. The van der Waals surface area contributed by atoms with E-state index in [9.17, 15) is 4.39 Å². The molecule has 1 rings (SSSR count). The predicted octanol–water partition coefficient (Wildman–Crippen LogP) is 3.68. The summed E-state index contributed by atoms with van der Waals surface area (Å²) >= 11 is 0. The third kappa shape index (κ3) is 3.98. The SMILES string of the molecule is CCCNC(CC)C(C)Oc1cccc(C)c1F. The van der Waals surface area contributed by atoms with Gasteiger partial charge in [-0.25, -0.2) is 4.39 Å². The van der Waals surface area contributed by atoms with Crippen molar-refractivity contribution in [2.24, 2.45) is 0 Å². The molecule has 1 aromatic rings. The Hall–Kier alpha value is -1.09. The largest absolute Gasteiger partial charge is 0.486 e. The molecule has 0 aliphatic rings. The minimum Gasteiger partial charge on any atom is -0.486 e. The highest BCUT2D eigenvalue weighted by molar-refractivity contribution is 5.30. The molecule has 102 valence electrons. The molecule has 2 nitrogen and oxygen atoms in total. The lowest BCUT2D eigenvalue weighted by Crippen LogP contribution is -2.41. The van der Waals surface area contributed by atoms with Crippen LogP contribution in [0.25, 0.3) is 0 Å². The summed E-state index contributed by atoms with van der Waals surface area (Å²) in [6.07, 6.45) is 2.01. The number of hydrogen-bond donors (Lipinski definition) is 1. The van der Waals surface area contributed by atoms with Gasteiger partial charge in [-0.15, -0.1) is 0 Å². The highest BCUT2D eigenvalue weighted by Gasteiger charge is 2.18. The van der Waals surface area contributed by atoms with Crippen LogP contribution >= 0.6 is 0 Å². The monoisotopic (exact) mass is 253 g/mol. The summed E-state index contributed by atoms with van der Waals surface area (Å²) in [6, 6.07) is 5.51. The van der Waals surface area contributed by atoms with Crippen LogP contribution in [-0.2, 0) is 0 Å². The van der Waals surface area contributed by atoms with E-state index < -0.39 is 0 Å². The van der Waals surface area contributed by atoms with Gasteiger partial charge in [-0.3, -0.25) is 0 Å². The Morgan fingerprint density at radius 2 is 2.06 bits per heavy atom. The molecule has 0 aromatic heterocycles. The standard InChI is InChI=1S/C15H24FNO/c1-5-10-17-13(6-2)12(4)18-14-9-7-8-11(3)15(14)16/h7-9,12-13,17H,5-6,10H2,1-4H3. The predicted molar refractivity (Wildman–Crippen MR) is 73.6 cm³/mol. The minimum atomic E-state index is -0.255. The lowest BCUT2D eigenvalue weighted by molar-refractivity contribution is 0.160. The smallest absolute Gasteiger partial charge is 0.167 e. The molecule has 0 saturated heterocycles. The highest BCUT2D eigenvalue weighted by Crippen LogP contribution is 2.21. The Morgan fingerprint density at radius 3 is 2.67 bits per heavy atom. The maximum absolute atomic E-state index is 13.8. The molecular weight excluding hydrogens is 229 g/mol. The van der Waals surface area contributed by atoms with Gasteiger partial charge in [0.15, 0.2) is 11.6 Å². The minimum absolute atomic E-state index is 0.0437. The number of hydrogen-bond acceptors (Lipinski definition) is 2. The van der Waals surface area contributed by atoms with Crippen molar-refractivity contribution in [3.05, 3.63) is 29.6 Å². The maximum Gasteiger partial charge on any atom is 0.167 e. The van der Waals surface area contributed by atoms with E-state index in [4.69, 9.17) is 4.74 Å². The molecule has 0 fully saturated rings. The Labute approximate surface area is 110 Å². The lowest BCUT2D eigenvalue weighted by atomic mass is 10.1. The van der Waals surface area contributed by atoms with Crippen molar-refractivity contribution in [3.8, 4) is 5.75 Å². The van der Waals surface area contributed by atoms with Gasteiger partial charge in [0, 0.05) is 6.04 Å². The van der Waals surface area contributed by atoms with E-state index in [1.807, 2.05) is 13.0 Å². The molecule has 1 aromatic carbocycles. The third-order valence-corrected chi connectivity index (χ3v) is 3.13. The maximum atomic E-state index is 13.8. The average Bonchev–Trinajstić information content (AvgIpc) is 2.36. The van der Waals surface area contributed by atoms with Crippen molar-refractivity contribution in [3.63, 3.8) is 0 Å². The van der Waals surface area contributed by atoms with E-state index >= 15 is 0 Å². The van der Waals surface area contributed by atoms with Gasteiger partial charge in [0.2, 0.25) is 0 Å². The molecule has 0 heterocycles. The van der Waals surface area contributed by atoms with Crippen LogP contribution in [0.2, 0.25) is 0 Å². The molecular formula is C15H24FNO. The zero-order chi connectivity index (χ0) is 13.5. The zero-order valence-corrected chi connectivity index (χ0v) is 11.8. The molecule has 0 spiro atoms. The van der Waals surface area contributed by atoms with Gasteiger partial charge in [0.05, 0.1) is 0 Å². The number of ether oxygens (including phenoxy) is 1. The summed E-state index contributed by atoms with van der Waals surface area (Å²) in [4.78, 5) is 0. The summed E-state index contributed by atoms with van der Waals surface area (Å²) in [5.74, 6) is 0.0916. The molecule has 0 radical (unpaired) electrons. The molecule has 0 saturated carbocycles. The van der Waals surface area contributed by atoms with Crippen molar-refractivity contribution < 1.29 is 9.13 Å². The summed E-state index contributed by atoms with van der Waals surface area (Å²) in [7, 11) is 0. The van der Waals surface area contributed by atoms with Crippen LogP contribution in [0.4, 0.5) is 4.39 Å². The van der Waals surface area contributed by atoms with Crippen LogP contribution in [0.3, 0.4) is 0 Å². The summed E-state index contributed by atoms with van der Waals surface area (Å²) in [6.45, 7) is 8.94. The van der Waals surface area contributed by atoms with Gasteiger partial charge in [-0.2, -0.15) is 0 Å². The number of rotatable bonds is 7. The van der Waals surface area contributed by atoms with Crippen molar-refractivity contribution >= 4 is 0 Å². The van der Waals surface area contributed by atoms with E-state index in [-0.39, 0.29) is 18.0 Å². The fraction of sp³-hybridized carbons (Fsp3) is 0.600. The second-order valence-electron chi connectivity index (χ2n) is 4.68. The third-order valence-electron chi connectivity index (χ3n) is 3.13. The van der Waals surface area contributed by atoms with Crippen LogP contribution in [0.5, 0.6) is 5.75 Å². The van der Waals surface area contributed by atoms with Gasteiger partial charge in [0.25, 0.3) is 0 Å². The first kappa shape index (κ1) is 15.0. The Bertz CT molecular complexity index is 368. The number of nitrogens with one attached hydrogen (secondary N) is 1. The molecule has 1 N–H and O–H groups in total. The molecule has 0 aliphatic carbocycles. The molecule has 0 aliphatic heterocycles. The van der Waals surface area contributed by atoms with Crippen molar-refractivity contribution in [1.29, 1.82) is 0 Å². The quantitative estimate of drug-likeness (QED) is 0.800. The number of benzene rings is 1. The lowest BCUT2D eigenvalue weighted by Gasteiger charge is -2.25. The van der Waals surface area contributed by atoms with Gasteiger partial charge in [0.1, 0.15) is 6.10 Å². The van der Waals surface area contributed by atoms with Crippen LogP contribution in [0.1, 0.15) is 39.2 Å². The summed E-state index contributed by atoms with van der Waals surface area (Å²) in [5, 5.41) is 3.43. The molecule has 0 bridgehead atoms. The zero-order valence-electron chi connectivity index (χ0n) is 11.8. The van der Waals surface area contributed by atoms with Gasteiger partial charge < -0.3 is 10.1 Å². The van der Waals surface area contributed by atoms with E-state index in [1.165, 1.54) is 0 Å². The fourth-order valence-corrected chi connectivity index (χ4v) is 1.97.